The highest BCUT2D eigenvalue weighted by molar-refractivity contribution is 5.27. The summed E-state index contributed by atoms with van der Waals surface area (Å²) in [7, 11) is 0. The van der Waals surface area contributed by atoms with Crippen molar-refractivity contribution in [3.8, 4) is 0 Å². The van der Waals surface area contributed by atoms with E-state index in [1.54, 1.807) is 0 Å². The molecular formula is C11H12F5NO. The highest BCUT2D eigenvalue weighted by atomic mass is 19.4. The zero-order valence-electron chi connectivity index (χ0n) is 9.43. The Hall–Kier alpha value is -1.21. The molecule has 0 bridgehead atoms. The lowest BCUT2D eigenvalue weighted by Gasteiger charge is -2.29. The van der Waals surface area contributed by atoms with Crippen molar-refractivity contribution in [1.82, 2.24) is 0 Å². The van der Waals surface area contributed by atoms with E-state index >= 15 is 0 Å². The molecule has 2 nitrogen and oxygen atoms in total. The Balaban J connectivity index is 3.07. The van der Waals surface area contributed by atoms with Crippen LogP contribution >= 0.6 is 0 Å². The van der Waals surface area contributed by atoms with Gasteiger partial charge in [-0.1, -0.05) is 6.07 Å². The number of hydrogen-bond donors (Lipinski definition) is 2. The molecule has 2 atom stereocenters. The SMILES string of the molecule is C[C@](N)(C[C@H](O)C(F)(F)F)c1c(F)cccc1F. The first-order valence-electron chi connectivity index (χ1n) is 5.04. The molecule has 0 heterocycles. The fraction of sp³-hybridized carbons (Fsp3) is 0.455. The van der Waals surface area contributed by atoms with Crippen LogP contribution in [0.15, 0.2) is 18.2 Å². The second-order valence-electron chi connectivity index (χ2n) is 4.28. The molecule has 0 aliphatic heterocycles. The van der Waals surface area contributed by atoms with Crippen molar-refractivity contribution < 1.29 is 27.1 Å². The summed E-state index contributed by atoms with van der Waals surface area (Å²) in [5, 5.41) is 8.91. The maximum absolute atomic E-state index is 13.4. The average Bonchev–Trinajstić information content (AvgIpc) is 2.14. The fourth-order valence-electron chi connectivity index (χ4n) is 1.66. The predicted octanol–water partition coefficient (Wildman–Crippen LogP) is 2.45. The molecule has 102 valence electrons. The van der Waals surface area contributed by atoms with E-state index in [9.17, 15) is 22.0 Å². The van der Waals surface area contributed by atoms with E-state index in [2.05, 4.69) is 0 Å². The van der Waals surface area contributed by atoms with Gasteiger partial charge >= 0.3 is 6.18 Å². The smallest absolute Gasteiger partial charge is 0.384 e. The van der Waals surface area contributed by atoms with Crippen molar-refractivity contribution >= 4 is 0 Å². The Morgan fingerprint density at radius 3 is 2.06 bits per heavy atom. The minimum absolute atomic E-state index is 0.673. The molecule has 0 unspecified atom stereocenters. The average molecular weight is 269 g/mol. The minimum Gasteiger partial charge on any atom is -0.384 e. The first kappa shape index (κ1) is 14.8. The maximum Gasteiger partial charge on any atom is 0.414 e. The fourth-order valence-corrected chi connectivity index (χ4v) is 1.66. The molecule has 1 aromatic carbocycles. The van der Waals surface area contributed by atoms with Crippen LogP contribution in [0.1, 0.15) is 18.9 Å². The zero-order valence-corrected chi connectivity index (χ0v) is 9.43. The van der Waals surface area contributed by atoms with Gasteiger partial charge in [0, 0.05) is 17.5 Å². The largest absolute Gasteiger partial charge is 0.414 e. The third-order valence-electron chi connectivity index (χ3n) is 2.53. The van der Waals surface area contributed by atoms with E-state index in [1.165, 1.54) is 0 Å². The van der Waals surface area contributed by atoms with Crippen LogP contribution in [0.2, 0.25) is 0 Å². The predicted molar refractivity (Wildman–Crippen MR) is 54.6 cm³/mol. The number of alkyl halides is 3. The number of benzene rings is 1. The Morgan fingerprint density at radius 1 is 1.22 bits per heavy atom. The number of aliphatic hydroxyl groups excluding tert-OH is 1. The van der Waals surface area contributed by atoms with Gasteiger partial charge in [-0.05, 0) is 19.1 Å². The normalized spacial score (nSPS) is 17.3. The molecular weight excluding hydrogens is 257 g/mol. The van der Waals surface area contributed by atoms with Gasteiger partial charge in [-0.2, -0.15) is 13.2 Å². The van der Waals surface area contributed by atoms with Crippen LogP contribution in [0.3, 0.4) is 0 Å². The summed E-state index contributed by atoms with van der Waals surface area (Å²) >= 11 is 0. The highest BCUT2D eigenvalue weighted by Gasteiger charge is 2.43. The highest BCUT2D eigenvalue weighted by Crippen LogP contribution is 2.33. The Labute approximate surface area is 100 Å². The molecule has 0 spiro atoms. The van der Waals surface area contributed by atoms with Gasteiger partial charge in [0.1, 0.15) is 11.6 Å². The van der Waals surface area contributed by atoms with Crippen molar-refractivity contribution in [2.45, 2.75) is 31.2 Å². The van der Waals surface area contributed by atoms with E-state index in [1.807, 2.05) is 0 Å². The van der Waals surface area contributed by atoms with Gasteiger partial charge < -0.3 is 10.8 Å². The summed E-state index contributed by atoms with van der Waals surface area (Å²) in [4.78, 5) is 0. The summed E-state index contributed by atoms with van der Waals surface area (Å²) < 4.78 is 63.4. The summed E-state index contributed by atoms with van der Waals surface area (Å²) in [6, 6.07) is 2.86. The Kier molecular flexibility index (Phi) is 3.97. The number of nitrogens with two attached hydrogens (primary N) is 1. The van der Waals surface area contributed by atoms with Gasteiger partial charge in [-0.15, -0.1) is 0 Å². The van der Waals surface area contributed by atoms with Gasteiger partial charge in [-0.3, -0.25) is 0 Å². The molecule has 0 saturated heterocycles. The Morgan fingerprint density at radius 2 is 1.67 bits per heavy atom. The number of aliphatic hydroxyl groups is 1. The van der Waals surface area contributed by atoms with E-state index in [4.69, 9.17) is 10.8 Å². The first-order chi connectivity index (χ1) is 8.05. The molecule has 1 rings (SSSR count). The molecule has 0 aliphatic rings. The second-order valence-corrected chi connectivity index (χ2v) is 4.28. The van der Waals surface area contributed by atoms with Crippen LogP contribution in [0.5, 0.6) is 0 Å². The molecule has 0 saturated carbocycles. The van der Waals surface area contributed by atoms with E-state index in [0.29, 0.717) is 0 Å². The lowest BCUT2D eigenvalue weighted by molar-refractivity contribution is -0.209. The summed E-state index contributed by atoms with van der Waals surface area (Å²) in [6.07, 6.45) is -8.66. The molecule has 0 aromatic heterocycles. The quantitative estimate of drug-likeness (QED) is 0.828. The third-order valence-corrected chi connectivity index (χ3v) is 2.53. The summed E-state index contributed by atoms with van der Waals surface area (Å²) in [6.45, 7) is 1.03. The van der Waals surface area contributed by atoms with Gasteiger partial charge in [0.2, 0.25) is 0 Å². The Bertz CT molecular complexity index is 410. The second kappa shape index (κ2) is 4.81. The molecule has 0 radical (unpaired) electrons. The summed E-state index contributed by atoms with van der Waals surface area (Å²) in [5.74, 6) is -2.09. The van der Waals surface area contributed by atoms with Gasteiger partial charge in [-0.25, -0.2) is 8.78 Å². The standard InChI is InChI=1S/C11H12F5NO/c1-10(17,5-8(18)11(14,15)16)9-6(12)3-2-4-7(9)13/h2-4,8,18H,5,17H2,1H3/t8-,10-/m0/s1. The van der Waals surface area contributed by atoms with E-state index < -0.39 is 41.4 Å². The van der Waals surface area contributed by atoms with Crippen LogP contribution in [0.4, 0.5) is 22.0 Å². The van der Waals surface area contributed by atoms with Crippen molar-refractivity contribution in [2.24, 2.45) is 5.73 Å². The third kappa shape index (κ3) is 3.17. The molecule has 0 aliphatic carbocycles. The van der Waals surface area contributed by atoms with Crippen molar-refractivity contribution in [3.05, 3.63) is 35.4 Å². The van der Waals surface area contributed by atoms with Crippen LogP contribution in [-0.2, 0) is 5.54 Å². The topological polar surface area (TPSA) is 46.2 Å². The van der Waals surface area contributed by atoms with Gasteiger partial charge in [0.05, 0.1) is 0 Å². The molecule has 18 heavy (non-hydrogen) atoms. The monoisotopic (exact) mass is 269 g/mol. The number of halogens is 5. The minimum atomic E-state index is -4.89. The summed E-state index contributed by atoms with van der Waals surface area (Å²) in [5.41, 5.74) is 2.86. The van der Waals surface area contributed by atoms with Crippen molar-refractivity contribution in [2.75, 3.05) is 0 Å². The van der Waals surface area contributed by atoms with Gasteiger partial charge in [0.25, 0.3) is 0 Å². The first-order valence-corrected chi connectivity index (χ1v) is 5.04. The number of hydrogen-bond acceptors (Lipinski definition) is 2. The molecule has 7 heteroatoms. The maximum atomic E-state index is 13.4. The molecule has 0 fully saturated rings. The molecule has 1 aromatic rings. The lowest BCUT2D eigenvalue weighted by Crippen LogP contribution is -2.43. The van der Waals surface area contributed by atoms with Crippen LogP contribution in [0.25, 0.3) is 0 Å². The van der Waals surface area contributed by atoms with Crippen LogP contribution in [0, 0.1) is 11.6 Å². The van der Waals surface area contributed by atoms with E-state index in [-0.39, 0.29) is 0 Å². The molecule has 3 N–H and O–H groups in total. The van der Waals surface area contributed by atoms with Gasteiger partial charge in [0.15, 0.2) is 6.10 Å². The van der Waals surface area contributed by atoms with Crippen LogP contribution in [-0.4, -0.2) is 17.4 Å². The molecule has 0 amide bonds. The van der Waals surface area contributed by atoms with E-state index in [0.717, 1.165) is 25.1 Å². The van der Waals surface area contributed by atoms with Crippen molar-refractivity contribution in [3.63, 3.8) is 0 Å². The lowest BCUT2D eigenvalue weighted by atomic mass is 9.86. The van der Waals surface area contributed by atoms with Crippen molar-refractivity contribution in [1.29, 1.82) is 0 Å². The number of rotatable bonds is 3. The van der Waals surface area contributed by atoms with Crippen LogP contribution < -0.4 is 5.73 Å². The zero-order chi connectivity index (χ0) is 14.1.